The minimum Gasteiger partial charge on any atom is -0.368 e. The molecular weight excluding hydrogens is 332 g/mol. The number of aromatic nitrogens is 2. The molecule has 0 saturated carbocycles. The molecule has 0 spiro atoms. The van der Waals surface area contributed by atoms with Crippen molar-refractivity contribution < 1.29 is 4.79 Å². The lowest BCUT2D eigenvalue weighted by atomic mass is 9.88. The number of carbonyl (C=O) groups is 1. The topological polar surface area (TPSA) is 72.9 Å². The van der Waals surface area contributed by atoms with Crippen molar-refractivity contribution in [3.63, 3.8) is 0 Å². The van der Waals surface area contributed by atoms with Crippen LogP contribution in [0.25, 0.3) is 0 Å². The fourth-order valence-electron chi connectivity index (χ4n) is 2.29. The smallest absolute Gasteiger partial charge is 0.244 e. The Morgan fingerprint density at radius 3 is 2.67 bits per heavy atom. The van der Waals surface area contributed by atoms with Gasteiger partial charge in [0.05, 0.1) is 17.2 Å². The molecule has 1 unspecified atom stereocenters. The third-order valence-electron chi connectivity index (χ3n) is 3.36. The van der Waals surface area contributed by atoms with Gasteiger partial charge < -0.3 is 5.73 Å². The van der Waals surface area contributed by atoms with Crippen LogP contribution in [0.4, 0.5) is 0 Å². The number of amides is 1. The highest BCUT2D eigenvalue weighted by molar-refractivity contribution is 9.10. The molecule has 0 saturated heterocycles. The summed E-state index contributed by atoms with van der Waals surface area (Å²) in [4.78, 5) is 12.2. The Balaban J connectivity index is 2.42. The summed E-state index contributed by atoms with van der Waals surface area (Å²) < 4.78 is 2.58. The van der Waals surface area contributed by atoms with E-state index in [9.17, 15) is 4.79 Å². The fourth-order valence-corrected chi connectivity index (χ4v) is 2.61. The molecular formula is C15H19BrN4O. The molecule has 1 aromatic carbocycles. The van der Waals surface area contributed by atoms with Crippen molar-refractivity contribution in [2.75, 3.05) is 6.54 Å². The molecule has 0 bridgehead atoms. The maximum Gasteiger partial charge on any atom is 0.244 e. The van der Waals surface area contributed by atoms with Gasteiger partial charge in [-0.2, -0.15) is 5.10 Å². The molecule has 1 heterocycles. The van der Waals surface area contributed by atoms with Crippen LogP contribution in [0, 0.1) is 0 Å². The van der Waals surface area contributed by atoms with Gasteiger partial charge in [0.1, 0.15) is 5.54 Å². The zero-order chi connectivity index (χ0) is 15.3. The number of rotatable bonds is 7. The van der Waals surface area contributed by atoms with Crippen LogP contribution >= 0.6 is 15.9 Å². The molecule has 0 aliphatic rings. The first-order valence-corrected chi connectivity index (χ1v) is 7.66. The van der Waals surface area contributed by atoms with Crippen LogP contribution in [0.3, 0.4) is 0 Å². The molecule has 3 N–H and O–H groups in total. The average Bonchev–Trinajstić information content (AvgIpc) is 2.89. The molecule has 112 valence electrons. The quantitative estimate of drug-likeness (QED) is 0.802. The standard InChI is InChI=1S/C15H19BrN4O/c1-2-8-18-15(14(17)21,12-6-4-3-5-7-12)11-20-10-13(16)9-19-20/h3-7,9-10,18H,2,8,11H2,1H3,(H2,17,21). The van der Waals surface area contributed by atoms with Gasteiger partial charge in [-0.25, -0.2) is 0 Å². The summed E-state index contributed by atoms with van der Waals surface area (Å²) in [7, 11) is 0. The van der Waals surface area contributed by atoms with E-state index in [0.29, 0.717) is 13.1 Å². The average molecular weight is 351 g/mol. The van der Waals surface area contributed by atoms with E-state index < -0.39 is 11.4 Å². The predicted octanol–water partition coefficient (Wildman–Crippen LogP) is 2.03. The Morgan fingerprint density at radius 1 is 1.43 bits per heavy atom. The molecule has 6 heteroatoms. The summed E-state index contributed by atoms with van der Waals surface area (Å²) >= 11 is 3.37. The third-order valence-corrected chi connectivity index (χ3v) is 3.77. The summed E-state index contributed by atoms with van der Waals surface area (Å²) in [5, 5.41) is 7.54. The van der Waals surface area contributed by atoms with E-state index in [0.717, 1.165) is 16.5 Å². The number of carbonyl (C=O) groups excluding carboxylic acids is 1. The minimum atomic E-state index is -0.970. The normalized spacial score (nSPS) is 13.8. The first-order valence-electron chi connectivity index (χ1n) is 6.87. The lowest BCUT2D eigenvalue weighted by Gasteiger charge is -2.32. The SMILES string of the molecule is CCCNC(Cn1cc(Br)cn1)(C(N)=O)c1ccccc1. The van der Waals surface area contributed by atoms with Crippen molar-refractivity contribution in [3.8, 4) is 0 Å². The molecule has 2 rings (SSSR count). The number of hydrogen-bond acceptors (Lipinski definition) is 3. The Hall–Kier alpha value is -1.66. The number of nitrogens with two attached hydrogens (primary N) is 1. The van der Waals surface area contributed by atoms with Crippen molar-refractivity contribution in [2.45, 2.75) is 25.4 Å². The number of nitrogens with zero attached hydrogens (tertiary/aromatic N) is 2. The molecule has 2 aromatic rings. The van der Waals surface area contributed by atoms with Crippen molar-refractivity contribution in [1.82, 2.24) is 15.1 Å². The molecule has 1 atom stereocenters. The van der Waals surface area contributed by atoms with Crippen LogP contribution in [-0.4, -0.2) is 22.2 Å². The van der Waals surface area contributed by atoms with Gasteiger partial charge in [-0.05, 0) is 34.5 Å². The van der Waals surface area contributed by atoms with E-state index in [-0.39, 0.29) is 0 Å². The fraction of sp³-hybridized carbons (Fsp3) is 0.333. The van der Waals surface area contributed by atoms with Gasteiger partial charge in [0.25, 0.3) is 0 Å². The van der Waals surface area contributed by atoms with Crippen molar-refractivity contribution in [1.29, 1.82) is 0 Å². The van der Waals surface area contributed by atoms with E-state index >= 15 is 0 Å². The monoisotopic (exact) mass is 350 g/mol. The molecule has 1 amide bonds. The summed E-state index contributed by atoms with van der Waals surface area (Å²) in [5.41, 5.74) is 5.62. The van der Waals surface area contributed by atoms with Crippen molar-refractivity contribution >= 4 is 21.8 Å². The number of nitrogens with one attached hydrogen (secondary N) is 1. The number of benzene rings is 1. The lowest BCUT2D eigenvalue weighted by molar-refractivity contribution is -0.125. The zero-order valence-electron chi connectivity index (χ0n) is 11.9. The molecule has 0 radical (unpaired) electrons. The van der Waals surface area contributed by atoms with Gasteiger partial charge in [-0.3, -0.25) is 14.8 Å². The Labute approximate surface area is 132 Å². The molecule has 1 aromatic heterocycles. The van der Waals surface area contributed by atoms with Gasteiger partial charge in [0.15, 0.2) is 0 Å². The van der Waals surface area contributed by atoms with Gasteiger partial charge >= 0.3 is 0 Å². The van der Waals surface area contributed by atoms with Crippen molar-refractivity contribution in [2.24, 2.45) is 5.73 Å². The largest absolute Gasteiger partial charge is 0.368 e. The first kappa shape index (κ1) is 15.7. The molecule has 0 aliphatic heterocycles. The van der Waals surface area contributed by atoms with E-state index in [1.165, 1.54) is 0 Å². The number of primary amides is 1. The first-order chi connectivity index (χ1) is 10.1. The highest BCUT2D eigenvalue weighted by atomic mass is 79.9. The van der Waals surface area contributed by atoms with Crippen LogP contribution in [-0.2, 0) is 16.9 Å². The Morgan fingerprint density at radius 2 is 2.14 bits per heavy atom. The van der Waals surface area contributed by atoms with Crippen LogP contribution in [0.1, 0.15) is 18.9 Å². The Bertz CT molecular complexity index is 599. The van der Waals surface area contributed by atoms with Crippen LogP contribution in [0.5, 0.6) is 0 Å². The van der Waals surface area contributed by atoms with Crippen LogP contribution < -0.4 is 11.1 Å². The highest BCUT2D eigenvalue weighted by Crippen LogP contribution is 2.24. The second-order valence-corrected chi connectivity index (χ2v) is 5.83. The maximum absolute atomic E-state index is 12.2. The number of hydrogen-bond donors (Lipinski definition) is 2. The molecule has 0 aliphatic carbocycles. The Kier molecular flexibility index (Phi) is 5.14. The minimum absolute atomic E-state index is 0.345. The number of halogens is 1. The molecule has 5 nitrogen and oxygen atoms in total. The second kappa shape index (κ2) is 6.87. The highest BCUT2D eigenvalue weighted by Gasteiger charge is 2.38. The van der Waals surface area contributed by atoms with Gasteiger partial charge in [-0.1, -0.05) is 37.3 Å². The van der Waals surface area contributed by atoms with Crippen molar-refractivity contribution in [3.05, 3.63) is 52.8 Å². The third kappa shape index (κ3) is 3.51. The van der Waals surface area contributed by atoms with Crippen LogP contribution in [0.2, 0.25) is 0 Å². The summed E-state index contributed by atoms with van der Waals surface area (Å²) in [5.74, 6) is -0.409. The molecule has 0 fully saturated rings. The van der Waals surface area contributed by atoms with Gasteiger partial charge in [0.2, 0.25) is 5.91 Å². The van der Waals surface area contributed by atoms with E-state index in [1.54, 1.807) is 10.9 Å². The lowest BCUT2D eigenvalue weighted by Crippen LogP contribution is -2.55. The second-order valence-electron chi connectivity index (χ2n) is 4.92. The van der Waals surface area contributed by atoms with Gasteiger partial charge in [-0.15, -0.1) is 0 Å². The van der Waals surface area contributed by atoms with Crippen LogP contribution in [0.15, 0.2) is 47.2 Å². The summed E-state index contributed by atoms with van der Waals surface area (Å²) in [6, 6.07) is 9.54. The zero-order valence-corrected chi connectivity index (χ0v) is 13.5. The van der Waals surface area contributed by atoms with Gasteiger partial charge in [0, 0.05) is 6.20 Å². The predicted molar refractivity (Wildman–Crippen MR) is 85.5 cm³/mol. The van der Waals surface area contributed by atoms with E-state index in [4.69, 9.17) is 5.73 Å². The summed E-state index contributed by atoms with van der Waals surface area (Å²) in [6.45, 7) is 3.09. The molecule has 21 heavy (non-hydrogen) atoms. The maximum atomic E-state index is 12.2. The van der Waals surface area contributed by atoms with E-state index in [2.05, 4.69) is 26.3 Å². The van der Waals surface area contributed by atoms with E-state index in [1.807, 2.05) is 43.5 Å². The summed E-state index contributed by atoms with van der Waals surface area (Å²) in [6.07, 6.45) is 4.43.